The maximum Gasteiger partial charge on any atom is 0.268 e. The second kappa shape index (κ2) is 6.81. The number of nitrogens with zero attached hydrogens (tertiary/aromatic N) is 2. The number of aryl methyl sites for hydroxylation is 2. The highest BCUT2D eigenvalue weighted by atomic mass is 35.5. The maximum atomic E-state index is 12.0. The van der Waals surface area contributed by atoms with Gasteiger partial charge in [-0.25, -0.2) is 0 Å². The van der Waals surface area contributed by atoms with E-state index in [2.05, 4.69) is 0 Å². The summed E-state index contributed by atoms with van der Waals surface area (Å²) >= 11 is 5.89. The van der Waals surface area contributed by atoms with Crippen molar-refractivity contribution >= 4 is 30.6 Å². The first kappa shape index (κ1) is 15.6. The van der Waals surface area contributed by atoms with Crippen LogP contribution in [0.5, 0.6) is 0 Å². The first-order valence-corrected chi connectivity index (χ1v) is 7.07. The minimum absolute atomic E-state index is 0.244. The number of methoxy groups -OCH3 is 1. The number of benzene rings is 1. The molecule has 1 atom stereocenters. The van der Waals surface area contributed by atoms with Gasteiger partial charge in [0.1, 0.15) is 12.4 Å². The summed E-state index contributed by atoms with van der Waals surface area (Å²) in [6, 6.07) is 7.51. The minimum Gasteiger partial charge on any atom is -0.471 e. The van der Waals surface area contributed by atoms with E-state index >= 15 is 0 Å². The Morgan fingerprint density at radius 3 is 2.62 bits per heavy atom. The van der Waals surface area contributed by atoms with Crippen molar-refractivity contribution < 1.29 is 14.1 Å². The Morgan fingerprint density at radius 1 is 1.43 bits per heavy atom. The molecule has 0 aliphatic heterocycles. The van der Waals surface area contributed by atoms with Gasteiger partial charge in [0.15, 0.2) is 0 Å². The summed E-state index contributed by atoms with van der Waals surface area (Å²) in [5.41, 5.74) is 2.00. The van der Waals surface area contributed by atoms with Crippen LogP contribution in [0.3, 0.4) is 0 Å². The van der Waals surface area contributed by atoms with Crippen LogP contribution in [0.2, 0.25) is 10.8 Å². The SMILES string of the molecule is COC(=O)C([B-]c1n(C)cc[n+]1C)Cc1ccc(Cl)cc1. The molecule has 0 aliphatic rings. The van der Waals surface area contributed by atoms with Gasteiger partial charge in [0, 0.05) is 10.7 Å². The number of hydrogen-bond donors (Lipinski definition) is 0. The lowest BCUT2D eigenvalue weighted by Gasteiger charge is -2.24. The predicted octanol–water partition coefficient (Wildman–Crippen LogP) is 1.04. The molecule has 0 aliphatic carbocycles. The van der Waals surface area contributed by atoms with Gasteiger partial charge in [-0.1, -0.05) is 35.7 Å². The number of imidazole rings is 1. The van der Waals surface area contributed by atoms with E-state index in [1.807, 2.05) is 67.2 Å². The van der Waals surface area contributed by atoms with Crippen molar-refractivity contribution in [3.8, 4) is 0 Å². The zero-order valence-corrected chi connectivity index (χ0v) is 13.2. The molecule has 2 rings (SSSR count). The molecule has 0 saturated heterocycles. The average molecular weight is 305 g/mol. The normalized spacial score (nSPS) is 12.2. The van der Waals surface area contributed by atoms with E-state index in [0.717, 1.165) is 11.3 Å². The number of ether oxygens (including phenoxy) is 1. The van der Waals surface area contributed by atoms with E-state index in [1.165, 1.54) is 7.11 Å². The molecule has 2 radical (unpaired) electrons. The molecule has 0 spiro atoms. The zero-order valence-electron chi connectivity index (χ0n) is 12.4. The quantitative estimate of drug-likeness (QED) is 0.470. The van der Waals surface area contributed by atoms with Crippen molar-refractivity contribution in [1.82, 2.24) is 4.57 Å². The maximum absolute atomic E-state index is 12.0. The molecule has 0 N–H and O–H groups in total. The Balaban J connectivity index is 2.19. The summed E-state index contributed by atoms with van der Waals surface area (Å²) in [4.78, 5) is 12.0. The molecule has 1 aromatic heterocycles. The molecule has 1 aromatic carbocycles. The van der Waals surface area contributed by atoms with E-state index in [-0.39, 0.29) is 11.8 Å². The molecule has 0 fully saturated rings. The van der Waals surface area contributed by atoms with Crippen molar-refractivity contribution in [2.24, 2.45) is 14.1 Å². The molecule has 1 unspecified atom stereocenters. The van der Waals surface area contributed by atoms with Gasteiger partial charge in [-0.2, -0.15) is 7.28 Å². The van der Waals surface area contributed by atoms with Crippen LogP contribution in [0.1, 0.15) is 5.56 Å². The van der Waals surface area contributed by atoms with E-state index in [9.17, 15) is 4.79 Å². The van der Waals surface area contributed by atoms with Gasteiger partial charge in [0.05, 0.1) is 21.2 Å². The predicted molar refractivity (Wildman–Crippen MR) is 82.9 cm³/mol. The van der Waals surface area contributed by atoms with E-state index in [0.29, 0.717) is 11.4 Å². The molecule has 0 amide bonds. The summed E-state index contributed by atoms with van der Waals surface area (Å²) < 4.78 is 8.86. The highest BCUT2D eigenvalue weighted by Crippen LogP contribution is 2.17. The Bertz CT molecular complexity index is 606. The smallest absolute Gasteiger partial charge is 0.268 e. The number of esters is 1. The second-order valence-electron chi connectivity index (χ2n) is 5.01. The van der Waals surface area contributed by atoms with E-state index in [1.54, 1.807) is 0 Å². The number of aromatic nitrogens is 2. The van der Waals surface area contributed by atoms with Crippen molar-refractivity contribution in [2.45, 2.75) is 12.2 Å². The second-order valence-corrected chi connectivity index (χ2v) is 5.44. The molecule has 0 bridgehead atoms. The van der Waals surface area contributed by atoms with Crippen LogP contribution >= 0.6 is 11.6 Å². The van der Waals surface area contributed by atoms with Crippen LogP contribution in [0.25, 0.3) is 0 Å². The van der Waals surface area contributed by atoms with Crippen LogP contribution in [0.4, 0.5) is 0 Å². The summed E-state index contributed by atoms with van der Waals surface area (Å²) in [5.74, 6) is -0.581. The van der Waals surface area contributed by atoms with Gasteiger partial charge in [-0.05, 0) is 12.1 Å². The highest BCUT2D eigenvalue weighted by molar-refractivity contribution is 6.56. The lowest BCUT2D eigenvalue weighted by Crippen LogP contribution is -2.51. The Hall–Kier alpha value is -1.75. The standard InChI is InChI=1S/C15H18BClN2O2/c1-18-8-9-19(2)15(18)16-13(14(20)21-3)10-11-4-6-12(17)7-5-11/h4-9,13H,10H2,1-3H3. The Kier molecular flexibility index (Phi) is 5.07. The molecular weight excluding hydrogens is 286 g/mol. The van der Waals surface area contributed by atoms with Gasteiger partial charge in [-0.3, -0.25) is 13.9 Å². The molecular formula is C15H18BClN2O2. The first-order valence-electron chi connectivity index (χ1n) is 6.69. The lowest BCUT2D eigenvalue weighted by molar-refractivity contribution is -0.653. The van der Waals surface area contributed by atoms with Gasteiger partial charge < -0.3 is 4.74 Å². The molecule has 4 nitrogen and oxygen atoms in total. The van der Waals surface area contributed by atoms with Crippen LogP contribution in [-0.2, 0) is 30.0 Å². The van der Waals surface area contributed by atoms with Gasteiger partial charge in [0.25, 0.3) is 5.97 Å². The third-order valence-electron chi connectivity index (χ3n) is 3.46. The topological polar surface area (TPSA) is 35.1 Å². The largest absolute Gasteiger partial charge is 0.471 e. The van der Waals surface area contributed by atoms with Crippen molar-refractivity contribution in [3.05, 3.63) is 47.2 Å². The molecule has 2 aromatic rings. The minimum atomic E-state index is -0.337. The third kappa shape index (κ3) is 3.88. The summed E-state index contributed by atoms with van der Waals surface area (Å²) in [5, 5.41) is 0.686. The van der Waals surface area contributed by atoms with Crippen LogP contribution in [0.15, 0.2) is 36.7 Å². The number of carbonyl (C=O) groups is 1. The van der Waals surface area contributed by atoms with Crippen LogP contribution in [0, 0.1) is 0 Å². The van der Waals surface area contributed by atoms with Gasteiger partial charge >= 0.3 is 0 Å². The van der Waals surface area contributed by atoms with Crippen molar-refractivity contribution in [2.75, 3.05) is 7.11 Å². The third-order valence-corrected chi connectivity index (χ3v) is 3.71. The van der Waals surface area contributed by atoms with Crippen LogP contribution < -0.4 is 10.3 Å². The molecule has 6 heteroatoms. The number of halogens is 1. The summed E-state index contributed by atoms with van der Waals surface area (Å²) in [6.07, 6.45) is 4.47. The molecule has 21 heavy (non-hydrogen) atoms. The van der Waals surface area contributed by atoms with Crippen molar-refractivity contribution in [3.63, 3.8) is 0 Å². The molecule has 110 valence electrons. The Labute approximate surface area is 130 Å². The zero-order chi connectivity index (χ0) is 15.4. The monoisotopic (exact) mass is 304 g/mol. The first-order chi connectivity index (χ1) is 10.0. The summed E-state index contributed by atoms with van der Waals surface area (Å²) in [7, 11) is 7.24. The highest BCUT2D eigenvalue weighted by Gasteiger charge is 2.14. The molecule has 0 saturated carbocycles. The average Bonchev–Trinajstić information content (AvgIpc) is 2.79. The fourth-order valence-corrected chi connectivity index (χ4v) is 2.38. The number of carbonyl (C=O) groups excluding carboxylic acids is 1. The summed E-state index contributed by atoms with van der Waals surface area (Å²) in [6.45, 7) is 0. The fraction of sp³-hybridized carbons (Fsp3) is 0.333. The van der Waals surface area contributed by atoms with E-state index < -0.39 is 0 Å². The van der Waals surface area contributed by atoms with Crippen molar-refractivity contribution in [1.29, 1.82) is 0 Å². The Morgan fingerprint density at radius 2 is 2.10 bits per heavy atom. The van der Waals surface area contributed by atoms with Crippen LogP contribution in [-0.4, -0.2) is 24.9 Å². The van der Waals surface area contributed by atoms with Gasteiger partial charge in [-0.15, -0.1) is 5.82 Å². The number of rotatable bonds is 5. The van der Waals surface area contributed by atoms with E-state index in [4.69, 9.17) is 16.3 Å². The lowest BCUT2D eigenvalue weighted by atomic mass is 9.61. The fourth-order valence-electron chi connectivity index (χ4n) is 2.25. The number of hydrogen-bond acceptors (Lipinski definition) is 2. The molecule has 1 heterocycles. The van der Waals surface area contributed by atoms with Gasteiger partial charge in [0.2, 0.25) is 0 Å².